The number of anilines is 1. The van der Waals surface area contributed by atoms with E-state index in [1.807, 2.05) is 36.4 Å². The molecule has 0 bridgehead atoms. The SMILES string of the molecule is COC(=O)C1=C(C(=O)OC)N(c2ccc(-c3cc(Cl)cc(Cl)c3)cc2)C=CC=C1. The topological polar surface area (TPSA) is 55.8 Å². The van der Waals surface area contributed by atoms with Crippen molar-refractivity contribution in [3.05, 3.63) is 88.2 Å². The highest BCUT2D eigenvalue weighted by molar-refractivity contribution is 6.35. The van der Waals surface area contributed by atoms with Gasteiger partial charge in [0.25, 0.3) is 0 Å². The molecule has 3 rings (SSSR count). The highest BCUT2D eigenvalue weighted by atomic mass is 35.5. The fourth-order valence-corrected chi connectivity index (χ4v) is 3.43. The number of esters is 2. The summed E-state index contributed by atoms with van der Waals surface area (Å²) in [6, 6.07) is 12.7. The third-order valence-electron chi connectivity index (χ3n) is 4.23. The average molecular weight is 430 g/mol. The van der Waals surface area contributed by atoms with E-state index in [2.05, 4.69) is 0 Å². The molecule has 0 atom stereocenters. The molecule has 0 saturated heterocycles. The second-order valence-electron chi connectivity index (χ2n) is 6.02. The quantitative estimate of drug-likeness (QED) is 0.628. The molecular formula is C22H17Cl2NO4. The minimum absolute atomic E-state index is 0.0582. The van der Waals surface area contributed by atoms with Crippen LogP contribution in [0, 0.1) is 0 Å². The number of carbonyl (C=O) groups is 2. The number of allylic oxidation sites excluding steroid dienone is 2. The van der Waals surface area contributed by atoms with E-state index in [1.165, 1.54) is 20.3 Å². The molecule has 29 heavy (non-hydrogen) atoms. The van der Waals surface area contributed by atoms with Gasteiger partial charge in [-0.15, -0.1) is 0 Å². The van der Waals surface area contributed by atoms with Crippen molar-refractivity contribution in [2.45, 2.75) is 0 Å². The molecule has 0 aliphatic carbocycles. The van der Waals surface area contributed by atoms with E-state index in [0.29, 0.717) is 15.7 Å². The smallest absolute Gasteiger partial charge is 0.355 e. The van der Waals surface area contributed by atoms with E-state index in [-0.39, 0.29) is 11.3 Å². The molecular weight excluding hydrogens is 413 g/mol. The van der Waals surface area contributed by atoms with Crippen molar-refractivity contribution >= 4 is 40.8 Å². The maximum absolute atomic E-state index is 12.5. The van der Waals surface area contributed by atoms with E-state index in [0.717, 1.165) is 11.1 Å². The van der Waals surface area contributed by atoms with Gasteiger partial charge in [0.1, 0.15) is 5.70 Å². The van der Waals surface area contributed by atoms with Crippen LogP contribution in [0.5, 0.6) is 0 Å². The number of rotatable bonds is 4. The molecule has 1 aliphatic heterocycles. The Morgan fingerprint density at radius 3 is 2.03 bits per heavy atom. The monoisotopic (exact) mass is 429 g/mol. The van der Waals surface area contributed by atoms with E-state index in [1.54, 1.807) is 29.3 Å². The normalized spacial score (nSPS) is 13.3. The summed E-state index contributed by atoms with van der Waals surface area (Å²) < 4.78 is 9.72. The number of hydrogen-bond acceptors (Lipinski definition) is 5. The van der Waals surface area contributed by atoms with Crippen LogP contribution in [0.1, 0.15) is 0 Å². The van der Waals surface area contributed by atoms with Gasteiger partial charge in [-0.3, -0.25) is 0 Å². The minimum Gasteiger partial charge on any atom is -0.465 e. The van der Waals surface area contributed by atoms with Crippen LogP contribution < -0.4 is 4.90 Å². The maximum atomic E-state index is 12.5. The van der Waals surface area contributed by atoms with Crippen molar-refractivity contribution in [1.29, 1.82) is 0 Å². The molecule has 1 aliphatic rings. The fourth-order valence-electron chi connectivity index (χ4n) is 2.90. The van der Waals surface area contributed by atoms with Crippen molar-refractivity contribution in [3.8, 4) is 11.1 Å². The number of nitrogens with zero attached hydrogens (tertiary/aromatic N) is 1. The molecule has 0 unspecified atom stereocenters. The van der Waals surface area contributed by atoms with Crippen LogP contribution in [-0.2, 0) is 19.1 Å². The Hall–Kier alpha value is -3.02. The van der Waals surface area contributed by atoms with Gasteiger partial charge in [-0.2, -0.15) is 0 Å². The van der Waals surface area contributed by atoms with Crippen molar-refractivity contribution in [1.82, 2.24) is 0 Å². The maximum Gasteiger partial charge on any atom is 0.355 e. The van der Waals surface area contributed by atoms with Gasteiger partial charge in [0.2, 0.25) is 0 Å². The number of benzene rings is 2. The predicted octanol–water partition coefficient (Wildman–Crippen LogP) is 5.15. The number of hydrogen-bond donors (Lipinski definition) is 0. The molecule has 1 heterocycles. The van der Waals surface area contributed by atoms with Crippen molar-refractivity contribution in [2.75, 3.05) is 19.1 Å². The molecule has 2 aromatic rings. The lowest BCUT2D eigenvalue weighted by molar-refractivity contribution is -0.139. The number of methoxy groups -OCH3 is 2. The summed E-state index contributed by atoms with van der Waals surface area (Å²) in [7, 11) is 2.51. The average Bonchev–Trinajstić information content (AvgIpc) is 2.95. The van der Waals surface area contributed by atoms with Gasteiger partial charge in [0.05, 0.1) is 19.8 Å². The zero-order valence-electron chi connectivity index (χ0n) is 15.7. The first kappa shape index (κ1) is 20.7. The molecule has 0 aromatic heterocycles. The highest BCUT2D eigenvalue weighted by Crippen LogP contribution is 2.31. The number of ether oxygens (including phenoxy) is 2. The second-order valence-corrected chi connectivity index (χ2v) is 6.89. The lowest BCUT2D eigenvalue weighted by Gasteiger charge is -2.23. The van der Waals surface area contributed by atoms with Gasteiger partial charge in [-0.1, -0.05) is 41.4 Å². The van der Waals surface area contributed by atoms with Crippen LogP contribution in [0.3, 0.4) is 0 Å². The van der Waals surface area contributed by atoms with Gasteiger partial charge in [0.15, 0.2) is 0 Å². The molecule has 7 heteroatoms. The third kappa shape index (κ3) is 4.53. The summed E-state index contributed by atoms with van der Waals surface area (Å²) in [6.45, 7) is 0. The largest absolute Gasteiger partial charge is 0.465 e. The van der Waals surface area contributed by atoms with Crippen LogP contribution in [0.4, 0.5) is 5.69 Å². The Morgan fingerprint density at radius 2 is 1.45 bits per heavy atom. The molecule has 0 N–H and O–H groups in total. The molecule has 148 valence electrons. The Morgan fingerprint density at radius 1 is 0.828 bits per heavy atom. The highest BCUT2D eigenvalue weighted by Gasteiger charge is 2.27. The first-order valence-electron chi connectivity index (χ1n) is 8.56. The number of halogens is 2. The van der Waals surface area contributed by atoms with Crippen molar-refractivity contribution in [3.63, 3.8) is 0 Å². The molecule has 5 nitrogen and oxygen atoms in total. The third-order valence-corrected chi connectivity index (χ3v) is 4.67. The Labute approximate surface area is 178 Å². The van der Waals surface area contributed by atoms with Crippen molar-refractivity contribution < 1.29 is 19.1 Å². The first-order chi connectivity index (χ1) is 13.9. The zero-order chi connectivity index (χ0) is 21.0. The van der Waals surface area contributed by atoms with Crippen LogP contribution in [0.15, 0.2) is 78.2 Å². The molecule has 0 fully saturated rings. The van der Waals surface area contributed by atoms with E-state index >= 15 is 0 Å². The lowest BCUT2D eigenvalue weighted by Crippen LogP contribution is -2.26. The summed E-state index contributed by atoms with van der Waals surface area (Å²) in [5, 5.41) is 1.08. The Kier molecular flexibility index (Phi) is 6.42. The van der Waals surface area contributed by atoms with Crippen LogP contribution in [0.25, 0.3) is 11.1 Å². The van der Waals surface area contributed by atoms with Crippen LogP contribution in [-0.4, -0.2) is 26.2 Å². The Balaban J connectivity index is 2.05. The predicted molar refractivity (Wildman–Crippen MR) is 114 cm³/mol. The minimum atomic E-state index is -0.660. The molecule has 0 spiro atoms. The van der Waals surface area contributed by atoms with Gasteiger partial charge < -0.3 is 14.4 Å². The summed E-state index contributed by atoms with van der Waals surface area (Å²) in [6.07, 6.45) is 6.54. The number of carbonyl (C=O) groups excluding carboxylic acids is 2. The standard InChI is InChI=1S/C22H17Cl2NO4/c1-28-21(26)19-5-3-4-10-25(20(19)22(27)29-2)18-8-6-14(7-9-18)15-11-16(23)13-17(24)12-15/h3-13H,1-2H3. The van der Waals surface area contributed by atoms with E-state index in [9.17, 15) is 9.59 Å². The van der Waals surface area contributed by atoms with Gasteiger partial charge in [-0.05, 0) is 53.6 Å². The summed E-state index contributed by atoms with van der Waals surface area (Å²) in [4.78, 5) is 26.3. The lowest BCUT2D eigenvalue weighted by atomic mass is 10.0. The molecule has 0 saturated carbocycles. The first-order valence-corrected chi connectivity index (χ1v) is 9.31. The summed E-state index contributed by atoms with van der Waals surface area (Å²) in [5.74, 6) is -1.30. The zero-order valence-corrected chi connectivity index (χ0v) is 17.2. The van der Waals surface area contributed by atoms with E-state index in [4.69, 9.17) is 32.7 Å². The second kappa shape index (κ2) is 8.99. The molecule has 0 radical (unpaired) electrons. The summed E-state index contributed by atoms with van der Waals surface area (Å²) >= 11 is 12.2. The van der Waals surface area contributed by atoms with Gasteiger partial charge in [-0.25, -0.2) is 9.59 Å². The van der Waals surface area contributed by atoms with E-state index < -0.39 is 11.9 Å². The molecule has 2 aromatic carbocycles. The van der Waals surface area contributed by atoms with Crippen LogP contribution in [0.2, 0.25) is 10.0 Å². The van der Waals surface area contributed by atoms with Crippen molar-refractivity contribution in [2.24, 2.45) is 0 Å². The Bertz CT molecular complexity index is 1020. The van der Waals surface area contributed by atoms with Gasteiger partial charge >= 0.3 is 11.9 Å². The fraction of sp³-hybridized carbons (Fsp3) is 0.0909. The molecule has 0 amide bonds. The van der Waals surface area contributed by atoms with Gasteiger partial charge in [0, 0.05) is 21.9 Å². The summed E-state index contributed by atoms with van der Waals surface area (Å²) in [5.41, 5.74) is 2.56. The van der Waals surface area contributed by atoms with Crippen LogP contribution >= 0.6 is 23.2 Å².